The molecular weight excluding hydrogens is 250 g/mol. The molecule has 0 fully saturated rings. The Hall–Kier alpha value is -2.33. The van der Waals surface area contributed by atoms with Gasteiger partial charge in [0, 0.05) is 12.7 Å². The van der Waals surface area contributed by atoms with Crippen molar-refractivity contribution < 1.29 is 4.74 Å². The monoisotopic (exact) mass is 267 g/mol. The Morgan fingerprint density at radius 1 is 1.20 bits per heavy atom. The van der Waals surface area contributed by atoms with Gasteiger partial charge in [-0.3, -0.25) is 4.40 Å². The molecule has 4 nitrogen and oxygen atoms in total. The first kappa shape index (κ1) is 12.7. The van der Waals surface area contributed by atoms with Gasteiger partial charge in [0.05, 0.1) is 0 Å². The zero-order valence-electron chi connectivity index (χ0n) is 11.6. The molecule has 0 bridgehead atoms. The van der Waals surface area contributed by atoms with Crippen LogP contribution in [-0.4, -0.2) is 16.4 Å². The van der Waals surface area contributed by atoms with Gasteiger partial charge in [0.25, 0.3) is 0 Å². The second-order valence-electron chi connectivity index (χ2n) is 4.74. The fourth-order valence-electron chi connectivity index (χ4n) is 2.23. The zero-order valence-corrected chi connectivity index (χ0v) is 11.6. The molecule has 4 heteroatoms. The molecule has 0 saturated heterocycles. The maximum absolute atomic E-state index is 5.96. The molecule has 20 heavy (non-hydrogen) atoms. The molecule has 0 spiro atoms. The minimum absolute atomic E-state index is 0.649. The van der Waals surface area contributed by atoms with Gasteiger partial charge in [-0.1, -0.05) is 18.2 Å². The summed E-state index contributed by atoms with van der Waals surface area (Å²) in [5.74, 6) is 1.46. The number of hydrogen-bond donors (Lipinski definition) is 1. The van der Waals surface area contributed by atoms with Gasteiger partial charge in [-0.2, -0.15) is 4.98 Å². The Bertz CT molecular complexity index is 733. The van der Waals surface area contributed by atoms with Gasteiger partial charge in [0.2, 0.25) is 5.88 Å². The predicted octanol–water partition coefficient (Wildman–Crippen LogP) is 3.15. The Labute approximate surface area is 118 Å². The van der Waals surface area contributed by atoms with Crippen molar-refractivity contribution in [3.8, 4) is 11.6 Å². The first-order valence-corrected chi connectivity index (χ1v) is 6.63. The molecule has 2 heterocycles. The van der Waals surface area contributed by atoms with Crippen LogP contribution in [0.15, 0.2) is 48.7 Å². The van der Waals surface area contributed by atoms with Crippen LogP contribution in [0.4, 0.5) is 0 Å². The lowest BCUT2D eigenvalue weighted by Crippen LogP contribution is -2.08. The van der Waals surface area contributed by atoms with Crippen molar-refractivity contribution in [2.75, 3.05) is 7.05 Å². The number of imidazole rings is 1. The molecule has 2 aromatic heterocycles. The van der Waals surface area contributed by atoms with E-state index in [0.29, 0.717) is 12.4 Å². The normalized spacial score (nSPS) is 10.9. The Morgan fingerprint density at radius 2 is 2.10 bits per heavy atom. The quantitative estimate of drug-likeness (QED) is 0.789. The largest absolute Gasteiger partial charge is 0.437 e. The fraction of sp³-hybridized carbons (Fsp3) is 0.188. The smallest absolute Gasteiger partial charge is 0.242 e. The highest BCUT2D eigenvalue weighted by molar-refractivity contribution is 5.47. The summed E-state index contributed by atoms with van der Waals surface area (Å²) in [4.78, 5) is 4.56. The van der Waals surface area contributed by atoms with Gasteiger partial charge in [-0.15, -0.1) is 0 Å². The lowest BCUT2D eigenvalue weighted by Gasteiger charge is -2.06. The SMILES string of the molecule is CNCc1c(Oc2cccc(C)c2)nc2ccccn12. The van der Waals surface area contributed by atoms with Crippen LogP contribution in [-0.2, 0) is 6.54 Å². The highest BCUT2D eigenvalue weighted by atomic mass is 16.5. The maximum atomic E-state index is 5.96. The van der Waals surface area contributed by atoms with E-state index in [1.807, 2.05) is 67.0 Å². The lowest BCUT2D eigenvalue weighted by atomic mass is 10.2. The van der Waals surface area contributed by atoms with Crippen molar-refractivity contribution in [1.82, 2.24) is 14.7 Å². The topological polar surface area (TPSA) is 38.6 Å². The summed E-state index contributed by atoms with van der Waals surface area (Å²) in [5, 5.41) is 3.16. The molecular formula is C16H17N3O. The van der Waals surface area contributed by atoms with Crippen molar-refractivity contribution in [2.24, 2.45) is 0 Å². The number of hydrogen-bond acceptors (Lipinski definition) is 3. The molecule has 1 aromatic carbocycles. The van der Waals surface area contributed by atoms with E-state index in [1.165, 1.54) is 5.56 Å². The van der Waals surface area contributed by atoms with Crippen molar-refractivity contribution in [1.29, 1.82) is 0 Å². The Balaban J connectivity index is 2.04. The highest BCUT2D eigenvalue weighted by Gasteiger charge is 2.13. The van der Waals surface area contributed by atoms with E-state index >= 15 is 0 Å². The van der Waals surface area contributed by atoms with Crippen molar-refractivity contribution >= 4 is 5.65 Å². The Kier molecular flexibility index (Phi) is 3.39. The standard InChI is InChI=1S/C16H17N3O/c1-12-6-5-7-13(10-12)20-16-14(11-17-2)19-9-4-3-8-15(19)18-16/h3-10,17H,11H2,1-2H3. The lowest BCUT2D eigenvalue weighted by molar-refractivity contribution is 0.457. The molecule has 0 radical (unpaired) electrons. The number of nitrogens with one attached hydrogen (secondary N) is 1. The molecule has 0 atom stereocenters. The average Bonchev–Trinajstić information content (AvgIpc) is 2.77. The van der Waals surface area contributed by atoms with Gasteiger partial charge in [0.15, 0.2) is 0 Å². The summed E-state index contributed by atoms with van der Waals surface area (Å²) in [6, 6.07) is 13.9. The van der Waals surface area contributed by atoms with Crippen LogP contribution in [0.3, 0.4) is 0 Å². The van der Waals surface area contributed by atoms with Crippen LogP contribution in [0.5, 0.6) is 11.6 Å². The molecule has 0 unspecified atom stereocenters. The number of benzene rings is 1. The van der Waals surface area contributed by atoms with Crippen LogP contribution in [0, 0.1) is 6.92 Å². The first-order valence-electron chi connectivity index (χ1n) is 6.63. The van der Waals surface area contributed by atoms with E-state index in [1.54, 1.807) is 0 Å². The van der Waals surface area contributed by atoms with E-state index in [2.05, 4.69) is 10.3 Å². The molecule has 3 aromatic rings. The molecule has 0 aliphatic rings. The van der Waals surface area contributed by atoms with Crippen LogP contribution >= 0.6 is 0 Å². The van der Waals surface area contributed by atoms with E-state index in [4.69, 9.17) is 4.74 Å². The van der Waals surface area contributed by atoms with Crippen molar-refractivity contribution in [3.63, 3.8) is 0 Å². The van der Waals surface area contributed by atoms with Gasteiger partial charge in [-0.05, 0) is 43.8 Å². The van der Waals surface area contributed by atoms with Gasteiger partial charge in [-0.25, -0.2) is 0 Å². The van der Waals surface area contributed by atoms with E-state index in [9.17, 15) is 0 Å². The number of nitrogens with zero attached hydrogens (tertiary/aromatic N) is 2. The molecule has 0 amide bonds. The molecule has 0 aliphatic carbocycles. The molecule has 0 aliphatic heterocycles. The van der Waals surface area contributed by atoms with Crippen LogP contribution in [0.2, 0.25) is 0 Å². The molecule has 0 saturated carbocycles. The fourth-order valence-corrected chi connectivity index (χ4v) is 2.23. The highest BCUT2D eigenvalue weighted by Crippen LogP contribution is 2.26. The van der Waals surface area contributed by atoms with Gasteiger partial charge < -0.3 is 10.1 Å². The maximum Gasteiger partial charge on any atom is 0.242 e. The summed E-state index contributed by atoms with van der Waals surface area (Å²) < 4.78 is 8.00. The second kappa shape index (κ2) is 5.35. The van der Waals surface area contributed by atoms with Crippen molar-refractivity contribution in [3.05, 3.63) is 59.9 Å². The first-order chi connectivity index (χ1) is 9.78. The van der Waals surface area contributed by atoms with E-state index in [0.717, 1.165) is 17.1 Å². The second-order valence-corrected chi connectivity index (χ2v) is 4.74. The molecule has 102 valence electrons. The molecule has 1 N–H and O–H groups in total. The summed E-state index contributed by atoms with van der Waals surface area (Å²) in [6.07, 6.45) is 2.00. The van der Waals surface area contributed by atoms with Gasteiger partial charge >= 0.3 is 0 Å². The Morgan fingerprint density at radius 3 is 2.90 bits per heavy atom. The van der Waals surface area contributed by atoms with Crippen LogP contribution < -0.4 is 10.1 Å². The number of rotatable bonds is 4. The summed E-state index contributed by atoms with van der Waals surface area (Å²) in [6.45, 7) is 2.75. The minimum atomic E-state index is 0.649. The number of aryl methyl sites for hydroxylation is 1. The zero-order chi connectivity index (χ0) is 13.9. The van der Waals surface area contributed by atoms with Crippen molar-refractivity contribution in [2.45, 2.75) is 13.5 Å². The van der Waals surface area contributed by atoms with E-state index in [-0.39, 0.29) is 0 Å². The van der Waals surface area contributed by atoms with Crippen LogP contribution in [0.25, 0.3) is 5.65 Å². The number of ether oxygens (including phenoxy) is 1. The summed E-state index contributed by atoms with van der Waals surface area (Å²) in [5.41, 5.74) is 3.08. The minimum Gasteiger partial charge on any atom is -0.437 e. The average molecular weight is 267 g/mol. The van der Waals surface area contributed by atoms with Crippen LogP contribution in [0.1, 0.15) is 11.3 Å². The van der Waals surface area contributed by atoms with E-state index < -0.39 is 0 Å². The number of aromatic nitrogens is 2. The number of pyridine rings is 1. The molecule has 3 rings (SSSR count). The third-order valence-corrected chi connectivity index (χ3v) is 3.14. The summed E-state index contributed by atoms with van der Waals surface area (Å²) >= 11 is 0. The number of fused-ring (bicyclic) bond motifs is 1. The predicted molar refractivity (Wildman–Crippen MR) is 79.2 cm³/mol. The summed E-state index contributed by atoms with van der Waals surface area (Å²) in [7, 11) is 1.92. The third-order valence-electron chi connectivity index (χ3n) is 3.14. The van der Waals surface area contributed by atoms with Gasteiger partial charge in [0.1, 0.15) is 17.1 Å². The third kappa shape index (κ3) is 2.38.